The highest BCUT2D eigenvalue weighted by Crippen LogP contribution is 2.51. The zero-order valence-corrected chi connectivity index (χ0v) is 24.2. The van der Waals surface area contributed by atoms with Gasteiger partial charge in [0.2, 0.25) is 0 Å². The lowest BCUT2D eigenvalue weighted by Gasteiger charge is -2.30. The minimum absolute atomic E-state index is 0.148. The van der Waals surface area contributed by atoms with Gasteiger partial charge in [0.05, 0.1) is 12.7 Å². The summed E-state index contributed by atoms with van der Waals surface area (Å²) in [6.07, 6.45) is 3.85. The minimum atomic E-state index is -2.53. The van der Waals surface area contributed by atoms with Gasteiger partial charge in [0.15, 0.2) is 0 Å². The Morgan fingerprint density at radius 3 is 1.83 bits per heavy atom. The van der Waals surface area contributed by atoms with Crippen LogP contribution in [-0.2, 0) is 7.05 Å². The van der Waals surface area contributed by atoms with E-state index in [1.165, 1.54) is 21.5 Å². The second-order valence-corrected chi connectivity index (χ2v) is 13.1. The number of aryl methyl sites for hydroxylation is 2. The fraction of sp³-hybridized carbons (Fsp3) is 0.0833. The molecule has 1 N–H and O–H groups in total. The van der Waals surface area contributed by atoms with Crippen LogP contribution < -0.4 is 21.2 Å². The molecule has 0 amide bonds. The molecule has 41 heavy (non-hydrogen) atoms. The maximum atomic E-state index is 5.71. The Hall–Kier alpha value is -4.66. The molecule has 6 aromatic rings. The number of nitrogens with zero attached hydrogens (tertiary/aromatic N) is 3. The van der Waals surface area contributed by atoms with Gasteiger partial charge in [0.1, 0.15) is 11.9 Å². The first-order valence-corrected chi connectivity index (χ1v) is 15.6. The number of aromatic nitrogens is 2. The van der Waals surface area contributed by atoms with Crippen molar-refractivity contribution in [2.24, 2.45) is 11.8 Å². The molecule has 0 aliphatic heterocycles. The van der Waals surface area contributed by atoms with Crippen LogP contribution in [0.2, 0.25) is 0 Å². The standard InChI is InChI=1S/C36H33N4P/c1-28-22-24-30(25-23-28)39-41(31-16-8-4-9-17-31,32-18-10-5-11-19-32)34-21-13-12-20-33(34)38-35(29-14-6-3-7-15-29)36-37-26-27-40(36)2/h3-27,35,38H,1-2H3. The van der Waals surface area contributed by atoms with Crippen LogP contribution in [0.15, 0.2) is 157 Å². The van der Waals surface area contributed by atoms with Crippen molar-refractivity contribution in [1.82, 2.24) is 9.55 Å². The van der Waals surface area contributed by atoms with Crippen molar-refractivity contribution in [3.05, 3.63) is 169 Å². The average molecular weight is 553 g/mol. The van der Waals surface area contributed by atoms with Gasteiger partial charge in [-0.25, -0.2) is 4.98 Å². The lowest BCUT2D eigenvalue weighted by Crippen LogP contribution is -2.28. The van der Waals surface area contributed by atoms with Gasteiger partial charge in [-0.05, 0) is 30.7 Å². The quantitative estimate of drug-likeness (QED) is 0.196. The van der Waals surface area contributed by atoms with Crippen molar-refractivity contribution < 1.29 is 0 Å². The van der Waals surface area contributed by atoms with E-state index in [2.05, 4.69) is 156 Å². The number of rotatable bonds is 8. The molecule has 0 aliphatic carbocycles. The summed E-state index contributed by atoms with van der Waals surface area (Å²) in [6, 6.07) is 49.1. The number of benzene rings is 5. The molecular formula is C36H33N4P. The van der Waals surface area contributed by atoms with Crippen LogP contribution in [0, 0.1) is 6.92 Å². The number of imidazole rings is 1. The molecule has 0 saturated carbocycles. The predicted octanol–water partition coefficient (Wildman–Crippen LogP) is 7.74. The second kappa shape index (κ2) is 11.8. The third-order valence-electron chi connectivity index (χ3n) is 7.36. The Bertz CT molecular complexity index is 1730. The molecule has 5 heteroatoms. The van der Waals surface area contributed by atoms with Crippen molar-refractivity contribution in [2.45, 2.75) is 13.0 Å². The summed E-state index contributed by atoms with van der Waals surface area (Å²) in [7, 11) is -0.484. The Morgan fingerprint density at radius 1 is 0.683 bits per heavy atom. The van der Waals surface area contributed by atoms with Gasteiger partial charge < -0.3 is 9.88 Å². The van der Waals surface area contributed by atoms with Crippen molar-refractivity contribution in [2.75, 3.05) is 5.32 Å². The summed E-state index contributed by atoms with van der Waals surface area (Å²) in [6.45, 7) is 2.11. The molecule has 0 saturated heterocycles. The van der Waals surface area contributed by atoms with Crippen LogP contribution in [-0.4, -0.2) is 9.55 Å². The highest BCUT2D eigenvalue weighted by molar-refractivity contribution is 7.87. The van der Waals surface area contributed by atoms with Crippen molar-refractivity contribution in [3.8, 4) is 0 Å². The van der Waals surface area contributed by atoms with Gasteiger partial charge >= 0.3 is 0 Å². The third-order valence-corrected chi connectivity index (χ3v) is 11.1. The summed E-state index contributed by atoms with van der Waals surface area (Å²) in [5.74, 6) is 0.949. The molecule has 1 unspecified atom stereocenters. The van der Waals surface area contributed by atoms with Crippen LogP contribution in [0.5, 0.6) is 0 Å². The van der Waals surface area contributed by atoms with Crippen molar-refractivity contribution in [3.63, 3.8) is 0 Å². The molecule has 1 heterocycles. The molecular weight excluding hydrogens is 519 g/mol. The highest BCUT2D eigenvalue weighted by Gasteiger charge is 2.31. The maximum Gasteiger partial charge on any atom is 0.135 e. The van der Waals surface area contributed by atoms with E-state index in [0.717, 1.165) is 22.8 Å². The van der Waals surface area contributed by atoms with E-state index in [1.54, 1.807) is 0 Å². The van der Waals surface area contributed by atoms with E-state index in [9.17, 15) is 0 Å². The lowest BCUT2D eigenvalue weighted by molar-refractivity contribution is 0.749. The van der Waals surface area contributed by atoms with Gasteiger partial charge in [0.25, 0.3) is 0 Å². The van der Waals surface area contributed by atoms with Crippen molar-refractivity contribution in [1.29, 1.82) is 0 Å². The largest absolute Gasteiger partial charge is 0.371 e. The minimum Gasteiger partial charge on any atom is -0.371 e. The van der Waals surface area contributed by atoms with Gasteiger partial charge in [-0.15, -0.1) is 0 Å². The lowest BCUT2D eigenvalue weighted by atomic mass is 10.1. The second-order valence-electron chi connectivity index (χ2n) is 10.1. The maximum absolute atomic E-state index is 5.71. The molecule has 1 atom stereocenters. The number of anilines is 1. The number of para-hydroxylation sites is 1. The normalized spacial score (nSPS) is 12.0. The van der Waals surface area contributed by atoms with Crippen LogP contribution in [0.4, 0.5) is 11.4 Å². The van der Waals surface area contributed by atoms with Crippen LogP contribution in [0.25, 0.3) is 0 Å². The predicted molar refractivity (Wildman–Crippen MR) is 174 cm³/mol. The van der Waals surface area contributed by atoms with Gasteiger partial charge in [-0.3, -0.25) is 4.74 Å². The first-order valence-electron chi connectivity index (χ1n) is 13.8. The molecule has 202 valence electrons. The van der Waals surface area contributed by atoms with E-state index in [-0.39, 0.29) is 6.04 Å². The summed E-state index contributed by atoms with van der Waals surface area (Å²) in [5.41, 5.74) is 4.38. The Labute approximate surface area is 242 Å². The zero-order valence-electron chi connectivity index (χ0n) is 23.3. The summed E-state index contributed by atoms with van der Waals surface area (Å²) in [4.78, 5) is 4.76. The number of hydrogen-bond donors (Lipinski definition) is 1. The van der Waals surface area contributed by atoms with Crippen molar-refractivity contribution >= 4 is 34.3 Å². The third kappa shape index (κ3) is 5.39. The zero-order chi connectivity index (χ0) is 28.1. The molecule has 0 fully saturated rings. The summed E-state index contributed by atoms with van der Waals surface area (Å²) >= 11 is 0. The first-order chi connectivity index (χ1) is 20.1. The molecule has 5 aromatic carbocycles. The van der Waals surface area contributed by atoms with E-state index < -0.39 is 7.05 Å². The number of hydrogen-bond acceptors (Lipinski definition) is 3. The smallest absolute Gasteiger partial charge is 0.135 e. The topological polar surface area (TPSA) is 42.2 Å². The van der Waals surface area contributed by atoms with Gasteiger partial charge in [-0.2, -0.15) is 0 Å². The molecule has 0 bridgehead atoms. The first kappa shape index (κ1) is 26.6. The van der Waals surface area contributed by atoms with E-state index >= 15 is 0 Å². The highest BCUT2D eigenvalue weighted by atomic mass is 31.2. The molecule has 6 rings (SSSR count). The van der Waals surface area contributed by atoms with Gasteiger partial charge in [-0.1, -0.05) is 127 Å². The van der Waals surface area contributed by atoms with Crippen LogP contribution in [0.1, 0.15) is 23.0 Å². The molecule has 0 aliphatic rings. The van der Waals surface area contributed by atoms with E-state index in [4.69, 9.17) is 9.73 Å². The average Bonchev–Trinajstić information content (AvgIpc) is 3.46. The Kier molecular flexibility index (Phi) is 7.67. The summed E-state index contributed by atoms with van der Waals surface area (Å²) in [5, 5.41) is 7.51. The molecule has 1 aromatic heterocycles. The summed E-state index contributed by atoms with van der Waals surface area (Å²) < 4.78 is 7.80. The Balaban J connectivity index is 1.64. The van der Waals surface area contributed by atoms with E-state index in [0.29, 0.717) is 0 Å². The molecule has 0 spiro atoms. The molecule has 4 nitrogen and oxygen atoms in total. The number of nitrogens with one attached hydrogen (secondary N) is 1. The SMILES string of the molecule is Cc1ccc(N=P(c2ccccc2)(c2ccccc2)c2ccccc2NC(c2ccccc2)c2nccn2C)cc1. The Morgan fingerprint density at radius 2 is 1.24 bits per heavy atom. The van der Waals surface area contributed by atoms with E-state index in [1.807, 2.05) is 19.4 Å². The monoisotopic (exact) mass is 552 g/mol. The molecule has 0 radical (unpaired) electrons. The fourth-order valence-electron chi connectivity index (χ4n) is 5.30. The van der Waals surface area contributed by atoms with Gasteiger partial charge in [0, 0.05) is 41.0 Å². The van der Waals surface area contributed by atoms with Crippen LogP contribution in [0.3, 0.4) is 0 Å². The fourth-order valence-corrected chi connectivity index (χ4v) is 8.97. The van der Waals surface area contributed by atoms with Crippen LogP contribution >= 0.6 is 7.05 Å².